The molecule has 1 aromatic carbocycles. The zero-order valence-corrected chi connectivity index (χ0v) is 17.7. The standard InChI is InChI=1S/C23H27N5O2/c1-22(2,3)28-14-17-11-23(12-19(29)20(17)26-28)6-8-27(9-7-23)21(30)15-4-5-18-16(10-15)13-24-25-18/h4-5,10,13-14H,6-9,11-12H2,1-3H3,(H,24,25). The van der Waals surface area contributed by atoms with Crippen LogP contribution in [-0.4, -0.2) is 49.7 Å². The summed E-state index contributed by atoms with van der Waals surface area (Å²) in [5.41, 5.74) is 3.12. The average Bonchev–Trinajstić information content (AvgIpc) is 3.34. The molecule has 1 fully saturated rings. The Bertz CT molecular complexity index is 1140. The fourth-order valence-corrected chi connectivity index (χ4v) is 4.80. The Morgan fingerprint density at radius 1 is 1.17 bits per heavy atom. The molecule has 2 aliphatic rings. The van der Waals surface area contributed by atoms with Gasteiger partial charge in [-0.3, -0.25) is 19.4 Å². The minimum Gasteiger partial charge on any atom is -0.339 e. The molecule has 0 saturated carbocycles. The molecule has 5 rings (SSSR count). The molecular formula is C23H27N5O2. The summed E-state index contributed by atoms with van der Waals surface area (Å²) in [5, 5.41) is 12.5. The van der Waals surface area contributed by atoms with Crippen LogP contribution in [0.2, 0.25) is 0 Å². The number of hydrogen-bond donors (Lipinski definition) is 1. The lowest BCUT2D eigenvalue weighted by Gasteiger charge is -2.43. The molecule has 156 valence electrons. The second-order valence-electron chi connectivity index (χ2n) is 9.86. The van der Waals surface area contributed by atoms with Crippen molar-refractivity contribution < 1.29 is 9.59 Å². The fourth-order valence-electron chi connectivity index (χ4n) is 4.80. The molecular weight excluding hydrogens is 378 g/mol. The second-order valence-corrected chi connectivity index (χ2v) is 9.86. The fraction of sp³-hybridized carbons (Fsp3) is 0.478. The van der Waals surface area contributed by atoms with Crippen molar-refractivity contribution in [3.05, 3.63) is 47.4 Å². The van der Waals surface area contributed by atoms with Gasteiger partial charge in [-0.15, -0.1) is 0 Å². The molecule has 2 aromatic heterocycles. The van der Waals surface area contributed by atoms with Crippen molar-refractivity contribution in [1.82, 2.24) is 24.9 Å². The number of benzene rings is 1. The average molecular weight is 406 g/mol. The number of rotatable bonds is 1. The first kappa shape index (κ1) is 19.0. The summed E-state index contributed by atoms with van der Waals surface area (Å²) < 4.78 is 1.92. The van der Waals surface area contributed by atoms with Crippen molar-refractivity contribution in [2.75, 3.05) is 13.1 Å². The van der Waals surface area contributed by atoms with E-state index in [2.05, 4.69) is 36.1 Å². The molecule has 30 heavy (non-hydrogen) atoms. The first-order valence-corrected chi connectivity index (χ1v) is 10.6. The summed E-state index contributed by atoms with van der Waals surface area (Å²) in [4.78, 5) is 27.8. The molecule has 1 aliphatic carbocycles. The summed E-state index contributed by atoms with van der Waals surface area (Å²) >= 11 is 0. The highest BCUT2D eigenvalue weighted by Gasteiger charge is 2.43. The molecule has 1 amide bonds. The van der Waals surface area contributed by atoms with E-state index in [0.29, 0.717) is 30.8 Å². The van der Waals surface area contributed by atoms with Crippen LogP contribution >= 0.6 is 0 Å². The van der Waals surface area contributed by atoms with Gasteiger partial charge in [-0.1, -0.05) is 0 Å². The first-order valence-electron chi connectivity index (χ1n) is 10.6. The SMILES string of the molecule is CC(C)(C)n1cc2c(n1)C(=O)CC1(CCN(C(=O)c3ccc4[nH]ncc4c3)CC1)C2. The van der Waals surface area contributed by atoms with Gasteiger partial charge in [-0.25, -0.2) is 0 Å². The van der Waals surface area contributed by atoms with Crippen LogP contribution in [0.4, 0.5) is 0 Å². The van der Waals surface area contributed by atoms with Gasteiger partial charge in [0.05, 0.1) is 17.3 Å². The van der Waals surface area contributed by atoms with Crippen LogP contribution in [0, 0.1) is 5.41 Å². The Kier molecular flexibility index (Phi) is 4.14. The number of nitrogens with zero attached hydrogens (tertiary/aromatic N) is 4. The van der Waals surface area contributed by atoms with E-state index in [1.165, 1.54) is 0 Å². The minimum atomic E-state index is -0.142. The van der Waals surface area contributed by atoms with Crippen LogP contribution in [0.3, 0.4) is 0 Å². The third-order valence-electron chi connectivity index (χ3n) is 6.64. The Morgan fingerprint density at radius 2 is 1.93 bits per heavy atom. The van der Waals surface area contributed by atoms with E-state index in [-0.39, 0.29) is 22.6 Å². The monoisotopic (exact) mass is 405 g/mol. The molecule has 7 heteroatoms. The number of carbonyl (C=O) groups is 2. The number of carbonyl (C=O) groups excluding carboxylic acids is 2. The molecule has 1 aliphatic heterocycles. The quantitative estimate of drug-likeness (QED) is 0.671. The summed E-state index contributed by atoms with van der Waals surface area (Å²) in [6, 6.07) is 5.64. The number of amides is 1. The van der Waals surface area contributed by atoms with Gasteiger partial charge in [0.1, 0.15) is 5.69 Å². The van der Waals surface area contributed by atoms with E-state index in [4.69, 9.17) is 0 Å². The van der Waals surface area contributed by atoms with Crippen LogP contribution < -0.4 is 0 Å². The molecule has 3 aromatic rings. The Hall–Kier alpha value is -2.96. The van der Waals surface area contributed by atoms with Gasteiger partial charge in [0, 0.05) is 42.2 Å². The predicted molar refractivity (Wildman–Crippen MR) is 114 cm³/mol. The van der Waals surface area contributed by atoms with E-state index in [9.17, 15) is 9.59 Å². The normalized spacial score (nSPS) is 18.8. The Balaban J connectivity index is 1.32. The maximum Gasteiger partial charge on any atom is 0.253 e. The van der Waals surface area contributed by atoms with E-state index >= 15 is 0 Å². The minimum absolute atomic E-state index is 0.0522. The van der Waals surface area contributed by atoms with Crippen molar-refractivity contribution in [3.63, 3.8) is 0 Å². The van der Waals surface area contributed by atoms with Gasteiger partial charge in [0.2, 0.25) is 0 Å². The number of ketones is 1. The lowest BCUT2D eigenvalue weighted by atomic mass is 9.67. The molecule has 0 unspecified atom stereocenters. The third-order valence-corrected chi connectivity index (χ3v) is 6.64. The topological polar surface area (TPSA) is 83.9 Å². The lowest BCUT2D eigenvalue weighted by molar-refractivity contribution is 0.0520. The van der Waals surface area contributed by atoms with Gasteiger partial charge in [-0.05, 0) is 63.6 Å². The maximum atomic E-state index is 13.0. The Morgan fingerprint density at radius 3 is 2.67 bits per heavy atom. The van der Waals surface area contributed by atoms with Gasteiger partial charge in [0.15, 0.2) is 5.78 Å². The Labute approximate surface area is 175 Å². The molecule has 1 saturated heterocycles. The molecule has 0 bridgehead atoms. The van der Waals surface area contributed by atoms with Crippen LogP contribution in [0.25, 0.3) is 10.9 Å². The van der Waals surface area contributed by atoms with Gasteiger partial charge in [0.25, 0.3) is 5.91 Å². The number of fused-ring (bicyclic) bond motifs is 2. The number of H-pyrrole nitrogens is 1. The van der Waals surface area contributed by atoms with Crippen molar-refractivity contribution in [3.8, 4) is 0 Å². The van der Waals surface area contributed by atoms with Crippen molar-refractivity contribution in [2.45, 2.75) is 52.0 Å². The number of piperidine rings is 1. The summed E-state index contributed by atoms with van der Waals surface area (Å²) in [5.74, 6) is 0.195. The lowest BCUT2D eigenvalue weighted by Crippen LogP contribution is -2.46. The molecule has 3 heterocycles. The van der Waals surface area contributed by atoms with E-state index in [0.717, 1.165) is 35.7 Å². The number of aromatic nitrogens is 4. The second kappa shape index (κ2) is 6.52. The predicted octanol–water partition coefficient (Wildman–Crippen LogP) is 3.57. The van der Waals surface area contributed by atoms with Crippen LogP contribution in [-0.2, 0) is 12.0 Å². The van der Waals surface area contributed by atoms with Gasteiger partial charge < -0.3 is 4.90 Å². The zero-order chi connectivity index (χ0) is 21.1. The zero-order valence-electron chi connectivity index (χ0n) is 17.7. The highest BCUT2D eigenvalue weighted by molar-refractivity contribution is 5.98. The van der Waals surface area contributed by atoms with Crippen LogP contribution in [0.15, 0.2) is 30.6 Å². The maximum absolute atomic E-state index is 13.0. The summed E-state index contributed by atoms with van der Waals surface area (Å²) in [7, 11) is 0. The van der Waals surface area contributed by atoms with Gasteiger partial charge >= 0.3 is 0 Å². The van der Waals surface area contributed by atoms with E-state index in [1.807, 2.05) is 34.0 Å². The van der Waals surface area contributed by atoms with E-state index < -0.39 is 0 Å². The molecule has 0 atom stereocenters. The smallest absolute Gasteiger partial charge is 0.253 e. The summed E-state index contributed by atoms with van der Waals surface area (Å²) in [6.07, 6.45) is 6.88. The van der Waals surface area contributed by atoms with E-state index in [1.54, 1.807) is 6.20 Å². The number of Topliss-reactive ketones (excluding diaryl/α,β-unsaturated/α-hetero) is 1. The highest BCUT2D eigenvalue weighted by atomic mass is 16.2. The number of aromatic amines is 1. The molecule has 7 nitrogen and oxygen atoms in total. The number of hydrogen-bond acceptors (Lipinski definition) is 4. The van der Waals surface area contributed by atoms with Gasteiger partial charge in [-0.2, -0.15) is 10.2 Å². The van der Waals surface area contributed by atoms with Crippen LogP contribution in [0.5, 0.6) is 0 Å². The number of nitrogens with one attached hydrogen (secondary N) is 1. The highest BCUT2D eigenvalue weighted by Crippen LogP contribution is 2.43. The first-order chi connectivity index (χ1) is 14.2. The van der Waals surface area contributed by atoms with Crippen LogP contribution in [0.1, 0.15) is 66.4 Å². The van der Waals surface area contributed by atoms with Crippen molar-refractivity contribution in [2.24, 2.45) is 5.41 Å². The largest absolute Gasteiger partial charge is 0.339 e. The molecule has 1 N–H and O–H groups in total. The molecule has 0 radical (unpaired) electrons. The molecule has 1 spiro atoms. The van der Waals surface area contributed by atoms with Crippen molar-refractivity contribution in [1.29, 1.82) is 0 Å². The number of likely N-dealkylation sites (tertiary alicyclic amines) is 1. The van der Waals surface area contributed by atoms with Crippen molar-refractivity contribution >= 4 is 22.6 Å². The summed E-state index contributed by atoms with van der Waals surface area (Å²) in [6.45, 7) is 7.64. The third kappa shape index (κ3) is 3.13.